The molecule has 0 atom stereocenters. The number of thiophene rings is 1. The van der Waals surface area contributed by atoms with Crippen molar-refractivity contribution in [3.63, 3.8) is 0 Å². The number of aryl methyl sites for hydroxylation is 4. The van der Waals surface area contributed by atoms with Gasteiger partial charge in [-0.3, -0.25) is 9.59 Å². The summed E-state index contributed by atoms with van der Waals surface area (Å²) in [6.45, 7) is 10.3. The van der Waals surface area contributed by atoms with Gasteiger partial charge in [0.05, 0.1) is 4.88 Å². The van der Waals surface area contributed by atoms with Gasteiger partial charge in [-0.25, -0.2) is 9.97 Å². The van der Waals surface area contributed by atoms with Gasteiger partial charge in [-0.1, -0.05) is 26.0 Å². The van der Waals surface area contributed by atoms with E-state index in [1.165, 1.54) is 16.9 Å². The van der Waals surface area contributed by atoms with Crippen LogP contribution in [0.4, 0.5) is 0 Å². The van der Waals surface area contributed by atoms with E-state index in [0.717, 1.165) is 45.0 Å². The van der Waals surface area contributed by atoms with Gasteiger partial charge in [0.25, 0.3) is 11.8 Å². The highest BCUT2D eigenvalue weighted by Crippen LogP contribution is 2.32. The molecule has 31 heavy (non-hydrogen) atoms. The van der Waals surface area contributed by atoms with Crippen LogP contribution in [0, 0.1) is 13.8 Å². The second kappa shape index (κ2) is 8.75. The highest BCUT2D eigenvalue weighted by Gasteiger charge is 2.28. The Kier molecular flexibility index (Phi) is 6.05. The Morgan fingerprint density at radius 3 is 2.10 bits per heavy atom. The second-order valence-electron chi connectivity index (χ2n) is 7.95. The molecule has 0 bridgehead atoms. The lowest BCUT2D eigenvalue weighted by Crippen LogP contribution is -2.50. The maximum absolute atomic E-state index is 13.3. The van der Waals surface area contributed by atoms with E-state index in [-0.39, 0.29) is 11.8 Å². The van der Waals surface area contributed by atoms with Crippen LogP contribution in [0.3, 0.4) is 0 Å². The molecule has 2 amide bonds. The summed E-state index contributed by atoms with van der Waals surface area (Å²) in [4.78, 5) is 40.6. The summed E-state index contributed by atoms with van der Waals surface area (Å²) in [7, 11) is 0. The van der Waals surface area contributed by atoms with Crippen LogP contribution < -0.4 is 0 Å². The molecule has 1 aromatic carbocycles. The van der Waals surface area contributed by atoms with E-state index < -0.39 is 0 Å². The Hall–Kier alpha value is -2.80. The Labute approximate surface area is 186 Å². The highest BCUT2D eigenvalue weighted by atomic mass is 32.1. The van der Waals surface area contributed by atoms with E-state index >= 15 is 0 Å². The molecule has 1 saturated heterocycles. The molecule has 1 aliphatic heterocycles. The number of aromatic nitrogens is 2. The first-order chi connectivity index (χ1) is 14.9. The summed E-state index contributed by atoms with van der Waals surface area (Å²) >= 11 is 1.45. The minimum Gasteiger partial charge on any atom is -0.335 e. The Morgan fingerprint density at radius 2 is 1.52 bits per heavy atom. The second-order valence-corrected chi connectivity index (χ2v) is 8.95. The first kappa shape index (κ1) is 21.4. The molecule has 162 valence electrons. The molecule has 3 aromatic rings. The molecule has 2 aromatic heterocycles. The summed E-state index contributed by atoms with van der Waals surface area (Å²) in [5, 5.41) is 0.995. The van der Waals surface area contributed by atoms with Crippen LogP contribution >= 0.6 is 11.3 Å². The lowest BCUT2D eigenvalue weighted by atomic mass is 10.1. The maximum Gasteiger partial charge on any atom is 0.264 e. The van der Waals surface area contributed by atoms with E-state index in [0.29, 0.717) is 31.7 Å². The number of carbonyl (C=O) groups is 2. The molecular weight excluding hydrogens is 408 g/mol. The van der Waals surface area contributed by atoms with Gasteiger partial charge in [0.15, 0.2) is 0 Å². The van der Waals surface area contributed by atoms with Gasteiger partial charge in [-0.05, 0) is 43.5 Å². The fourth-order valence-corrected chi connectivity index (χ4v) is 5.30. The van der Waals surface area contributed by atoms with Crippen molar-refractivity contribution >= 4 is 33.4 Å². The number of nitrogens with zero attached hydrogens (tertiary/aromatic N) is 4. The van der Waals surface area contributed by atoms with Gasteiger partial charge in [0.2, 0.25) is 0 Å². The highest BCUT2D eigenvalue weighted by molar-refractivity contribution is 7.20. The smallest absolute Gasteiger partial charge is 0.264 e. The van der Waals surface area contributed by atoms with Crippen LogP contribution in [0.25, 0.3) is 10.2 Å². The molecule has 0 saturated carbocycles. The van der Waals surface area contributed by atoms with Gasteiger partial charge < -0.3 is 9.80 Å². The number of hydrogen-bond donors (Lipinski definition) is 0. The van der Waals surface area contributed by atoms with Crippen molar-refractivity contribution in [2.24, 2.45) is 0 Å². The summed E-state index contributed by atoms with van der Waals surface area (Å²) in [6.07, 6.45) is 1.73. The lowest BCUT2D eigenvalue weighted by molar-refractivity contribution is 0.0538. The molecule has 1 aliphatic rings. The van der Waals surface area contributed by atoms with Crippen LogP contribution in [-0.2, 0) is 12.8 Å². The number of fused-ring (bicyclic) bond motifs is 1. The molecule has 1 fully saturated rings. The predicted octanol–water partition coefficient (Wildman–Crippen LogP) is 4.03. The van der Waals surface area contributed by atoms with Crippen LogP contribution in [0.2, 0.25) is 0 Å². The molecule has 3 heterocycles. The average molecular weight is 437 g/mol. The summed E-state index contributed by atoms with van der Waals surface area (Å²) in [6, 6.07) is 7.80. The van der Waals surface area contributed by atoms with Gasteiger partial charge in [0, 0.05) is 49.2 Å². The molecule has 6 nitrogen and oxygen atoms in total. The largest absolute Gasteiger partial charge is 0.335 e. The zero-order valence-electron chi connectivity index (χ0n) is 18.6. The van der Waals surface area contributed by atoms with Crippen LogP contribution in [0.5, 0.6) is 0 Å². The molecule has 4 rings (SSSR count). The van der Waals surface area contributed by atoms with E-state index in [9.17, 15) is 9.59 Å². The fourth-order valence-electron chi connectivity index (χ4n) is 4.08. The first-order valence-corrected chi connectivity index (χ1v) is 11.7. The molecule has 7 heteroatoms. The van der Waals surface area contributed by atoms with Crippen molar-refractivity contribution < 1.29 is 9.59 Å². The standard InChI is InChI=1S/C24H28N4O2S/c1-5-17-7-9-18(10-8-17)23(29)27-11-13-28(14-12-27)24(30)21-15(3)20-16(4)25-19(6-2)26-22(20)31-21/h7-10H,5-6,11-14H2,1-4H3. The quantitative estimate of drug-likeness (QED) is 0.619. The number of amides is 2. The van der Waals surface area contributed by atoms with E-state index in [1.54, 1.807) is 0 Å². The number of carbonyl (C=O) groups excluding carboxylic acids is 2. The van der Waals surface area contributed by atoms with E-state index in [2.05, 4.69) is 16.9 Å². The van der Waals surface area contributed by atoms with Gasteiger partial charge >= 0.3 is 0 Å². The number of rotatable bonds is 4. The summed E-state index contributed by atoms with van der Waals surface area (Å²) < 4.78 is 0. The van der Waals surface area contributed by atoms with E-state index in [4.69, 9.17) is 0 Å². The molecule has 0 spiro atoms. The first-order valence-electron chi connectivity index (χ1n) is 10.9. The Morgan fingerprint density at radius 1 is 0.903 bits per heavy atom. The van der Waals surface area contributed by atoms with Gasteiger partial charge in [-0.2, -0.15) is 0 Å². The number of piperazine rings is 1. The maximum atomic E-state index is 13.3. The molecule has 0 unspecified atom stereocenters. The van der Waals surface area contributed by atoms with E-state index in [1.807, 2.05) is 54.8 Å². The van der Waals surface area contributed by atoms with Crippen molar-refractivity contribution in [2.45, 2.75) is 40.5 Å². The minimum absolute atomic E-state index is 0.0253. The third kappa shape index (κ3) is 4.06. The summed E-state index contributed by atoms with van der Waals surface area (Å²) in [5.41, 5.74) is 3.81. The predicted molar refractivity (Wildman–Crippen MR) is 124 cm³/mol. The van der Waals surface area contributed by atoms with Crippen molar-refractivity contribution in [1.29, 1.82) is 0 Å². The van der Waals surface area contributed by atoms with Crippen molar-refractivity contribution in [2.75, 3.05) is 26.2 Å². The monoisotopic (exact) mass is 436 g/mol. The number of hydrogen-bond acceptors (Lipinski definition) is 5. The zero-order chi connectivity index (χ0) is 22.1. The molecular formula is C24H28N4O2S. The van der Waals surface area contributed by atoms with Crippen molar-refractivity contribution in [3.8, 4) is 0 Å². The minimum atomic E-state index is 0.0253. The molecule has 0 radical (unpaired) electrons. The lowest BCUT2D eigenvalue weighted by Gasteiger charge is -2.34. The Balaban J connectivity index is 1.47. The number of benzene rings is 1. The Bertz CT molecular complexity index is 1130. The average Bonchev–Trinajstić information content (AvgIpc) is 3.14. The van der Waals surface area contributed by atoms with Crippen LogP contribution in [-0.4, -0.2) is 57.8 Å². The molecule has 0 N–H and O–H groups in total. The topological polar surface area (TPSA) is 66.4 Å². The van der Waals surface area contributed by atoms with Gasteiger partial charge in [-0.15, -0.1) is 11.3 Å². The fraction of sp³-hybridized carbons (Fsp3) is 0.417. The third-order valence-corrected chi connectivity index (χ3v) is 7.16. The zero-order valence-corrected chi connectivity index (χ0v) is 19.4. The third-order valence-electron chi connectivity index (χ3n) is 5.99. The normalized spacial score (nSPS) is 14.3. The summed E-state index contributed by atoms with van der Waals surface area (Å²) in [5.74, 6) is 0.868. The van der Waals surface area contributed by atoms with Crippen molar-refractivity contribution in [3.05, 3.63) is 57.4 Å². The van der Waals surface area contributed by atoms with Crippen molar-refractivity contribution in [1.82, 2.24) is 19.8 Å². The molecule has 0 aliphatic carbocycles. The van der Waals surface area contributed by atoms with Crippen LogP contribution in [0.15, 0.2) is 24.3 Å². The van der Waals surface area contributed by atoms with Crippen LogP contribution in [0.1, 0.15) is 56.5 Å². The SMILES string of the molecule is CCc1ccc(C(=O)N2CCN(C(=O)c3sc4nc(CC)nc(C)c4c3C)CC2)cc1. The van der Waals surface area contributed by atoms with Gasteiger partial charge in [0.1, 0.15) is 10.7 Å².